The van der Waals surface area contributed by atoms with Crippen molar-refractivity contribution in [1.82, 2.24) is 19.9 Å². The number of pyridine rings is 2. The van der Waals surface area contributed by atoms with Crippen LogP contribution in [0.15, 0.2) is 54.7 Å². The van der Waals surface area contributed by atoms with Gasteiger partial charge in [-0.05, 0) is 54.4 Å². The number of nitrogens with zero attached hydrogens (tertiary/aromatic N) is 3. The SMILES string of the molecule is COCc1ccc(Oc2ccc3[nH]c(-c4ccc(CO)cn4)cc3c2)c(C2CCN(C(C)=O)C2)n1. The molecule has 1 aliphatic heterocycles. The third-order valence-electron chi connectivity index (χ3n) is 6.36. The monoisotopic (exact) mass is 472 g/mol. The second-order valence-electron chi connectivity index (χ2n) is 8.81. The largest absolute Gasteiger partial charge is 0.455 e. The van der Waals surface area contributed by atoms with Gasteiger partial charge in [0.2, 0.25) is 5.91 Å². The second kappa shape index (κ2) is 9.85. The maximum Gasteiger partial charge on any atom is 0.219 e. The lowest BCUT2D eigenvalue weighted by Gasteiger charge is -2.17. The van der Waals surface area contributed by atoms with Crippen molar-refractivity contribution in [1.29, 1.82) is 0 Å². The first-order chi connectivity index (χ1) is 17.0. The molecule has 0 aliphatic carbocycles. The third-order valence-corrected chi connectivity index (χ3v) is 6.36. The van der Waals surface area contributed by atoms with Crippen LogP contribution < -0.4 is 4.74 Å². The van der Waals surface area contributed by atoms with E-state index < -0.39 is 0 Å². The van der Waals surface area contributed by atoms with E-state index in [1.165, 1.54) is 0 Å². The number of hydrogen-bond acceptors (Lipinski definition) is 6. The van der Waals surface area contributed by atoms with Crippen LogP contribution in [0.25, 0.3) is 22.3 Å². The Bertz CT molecular complexity index is 1350. The number of nitrogens with one attached hydrogen (secondary N) is 1. The summed E-state index contributed by atoms with van der Waals surface area (Å²) in [6, 6.07) is 15.5. The Hall–Kier alpha value is -3.75. The zero-order valence-electron chi connectivity index (χ0n) is 19.8. The molecule has 0 spiro atoms. The molecule has 4 aromatic rings. The lowest BCUT2D eigenvalue weighted by atomic mass is 10.0. The van der Waals surface area contributed by atoms with E-state index in [4.69, 9.17) is 14.5 Å². The fourth-order valence-corrected chi connectivity index (χ4v) is 4.50. The van der Waals surface area contributed by atoms with Crippen molar-refractivity contribution in [3.63, 3.8) is 0 Å². The second-order valence-corrected chi connectivity index (χ2v) is 8.81. The summed E-state index contributed by atoms with van der Waals surface area (Å²) in [6.45, 7) is 3.35. The number of amides is 1. The average molecular weight is 473 g/mol. The predicted octanol–water partition coefficient (Wildman–Crippen LogP) is 4.39. The Morgan fingerprint density at radius 2 is 2.09 bits per heavy atom. The molecule has 1 unspecified atom stereocenters. The van der Waals surface area contributed by atoms with E-state index >= 15 is 0 Å². The van der Waals surface area contributed by atoms with Crippen LogP contribution in [0.5, 0.6) is 11.5 Å². The Morgan fingerprint density at radius 1 is 1.20 bits per heavy atom. The van der Waals surface area contributed by atoms with Crippen LogP contribution in [0.2, 0.25) is 0 Å². The Labute approximate surface area is 203 Å². The van der Waals surface area contributed by atoms with E-state index in [2.05, 4.69) is 9.97 Å². The summed E-state index contributed by atoms with van der Waals surface area (Å²) in [5.74, 6) is 1.59. The molecule has 8 nitrogen and oxygen atoms in total. The van der Waals surface area contributed by atoms with Gasteiger partial charge in [0.25, 0.3) is 0 Å². The number of carbonyl (C=O) groups is 1. The number of benzene rings is 1. The van der Waals surface area contributed by atoms with E-state index in [1.54, 1.807) is 20.2 Å². The number of rotatable bonds is 7. The highest BCUT2D eigenvalue weighted by Crippen LogP contribution is 2.36. The minimum Gasteiger partial charge on any atom is -0.455 e. The van der Waals surface area contributed by atoms with E-state index in [-0.39, 0.29) is 18.4 Å². The van der Waals surface area contributed by atoms with Crippen molar-refractivity contribution in [3.8, 4) is 22.9 Å². The molecule has 2 N–H and O–H groups in total. The number of aromatic nitrogens is 3. The summed E-state index contributed by atoms with van der Waals surface area (Å²) in [6.07, 6.45) is 2.52. The van der Waals surface area contributed by atoms with Crippen LogP contribution in [0, 0.1) is 0 Å². The number of aliphatic hydroxyl groups excluding tert-OH is 1. The Kier molecular flexibility index (Phi) is 6.48. The molecule has 1 atom stereocenters. The molecule has 1 aromatic carbocycles. The van der Waals surface area contributed by atoms with E-state index in [0.717, 1.165) is 52.2 Å². The molecular weight excluding hydrogens is 444 g/mol. The van der Waals surface area contributed by atoms with Crippen LogP contribution in [0.1, 0.15) is 36.2 Å². The highest BCUT2D eigenvalue weighted by Gasteiger charge is 2.29. The van der Waals surface area contributed by atoms with Crippen LogP contribution >= 0.6 is 0 Å². The number of hydrogen-bond donors (Lipinski definition) is 2. The van der Waals surface area contributed by atoms with Crippen LogP contribution in [-0.2, 0) is 22.7 Å². The van der Waals surface area contributed by atoms with E-state index in [1.807, 2.05) is 53.4 Å². The van der Waals surface area contributed by atoms with Gasteiger partial charge in [0, 0.05) is 50.1 Å². The predicted molar refractivity (Wildman–Crippen MR) is 132 cm³/mol. The van der Waals surface area contributed by atoms with Gasteiger partial charge >= 0.3 is 0 Å². The molecule has 1 amide bonds. The number of aromatic amines is 1. The zero-order chi connectivity index (χ0) is 24.4. The molecule has 0 radical (unpaired) electrons. The van der Waals surface area contributed by atoms with Gasteiger partial charge in [-0.1, -0.05) is 6.07 Å². The van der Waals surface area contributed by atoms with Crippen molar-refractivity contribution < 1.29 is 19.4 Å². The minimum atomic E-state index is -0.0301. The maximum absolute atomic E-state index is 11.9. The molecule has 1 saturated heterocycles. The van der Waals surface area contributed by atoms with E-state index in [9.17, 15) is 9.90 Å². The molecule has 5 rings (SSSR count). The smallest absolute Gasteiger partial charge is 0.219 e. The topological polar surface area (TPSA) is 101 Å². The van der Waals surface area contributed by atoms with Crippen LogP contribution in [0.4, 0.5) is 0 Å². The van der Waals surface area contributed by atoms with Gasteiger partial charge in [-0.2, -0.15) is 0 Å². The number of aliphatic hydroxyl groups is 1. The van der Waals surface area contributed by atoms with Crippen molar-refractivity contribution in [2.45, 2.75) is 32.5 Å². The molecule has 1 aliphatic rings. The molecular formula is C27H28N4O4. The third kappa shape index (κ3) is 4.89. The van der Waals surface area contributed by atoms with E-state index in [0.29, 0.717) is 24.7 Å². The van der Waals surface area contributed by atoms with Gasteiger partial charge in [-0.25, -0.2) is 0 Å². The Morgan fingerprint density at radius 3 is 2.80 bits per heavy atom. The lowest BCUT2D eigenvalue weighted by molar-refractivity contribution is -0.127. The molecule has 35 heavy (non-hydrogen) atoms. The van der Waals surface area contributed by atoms with Gasteiger partial charge in [-0.3, -0.25) is 14.8 Å². The molecule has 3 aromatic heterocycles. The summed E-state index contributed by atoms with van der Waals surface area (Å²) in [5, 5.41) is 10.2. The number of carbonyl (C=O) groups excluding carboxylic acids is 1. The van der Waals surface area contributed by atoms with Crippen LogP contribution in [-0.4, -0.2) is 51.1 Å². The Balaban J connectivity index is 1.43. The molecule has 180 valence electrons. The molecule has 0 saturated carbocycles. The number of likely N-dealkylation sites (tertiary alicyclic amines) is 1. The molecule has 1 fully saturated rings. The van der Waals surface area contributed by atoms with Gasteiger partial charge in [0.15, 0.2) is 0 Å². The maximum atomic E-state index is 11.9. The first kappa shape index (κ1) is 23.0. The fraction of sp³-hybridized carbons (Fsp3) is 0.296. The summed E-state index contributed by atoms with van der Waals surface area (Å²) in [5.41, 5.74) is 5.13. The summed E-state index contributed by atoms with van der Waals surface area (Å²) in [4.78, 5) is 26.4. The number of methoxy groups -OCH3 is 1. The summed E-state index contributed by atoms with van der Waals surface area (Å²) in [7, 11) is 1.65. The first-order valence-corrected chi connectivity index (χ1v) is 11.6. The van der Waals surface area contributed by atoms with Crippen molar-refractivity contribution >= 4 is 16.8 Å². The number of fused-ring (bicyclic) bond motifs is 1. The van der Waals surface area contributed by atoms with Gasteiger partial charge < -0.3 is 24.5 Å². The van der Waals surface area contributed by atoms with Crippen molar-refractivity contribution in [2.24, 2.45) is 0 Å². The fourth-order valence-electron chi connectivity index (χ4n) is 4.50. The van der Waals surface area contributed by atoms with Gasteiger partial charge in [0.05, 0.1) is 36.0 Å². The standard InChI is InChI=1S/C27H28N4O4/c1-17(33)31-10-9-19(14-31)27-26(8-4-21(29-27)16-34-2)35-22-5-7-23-20(11-22)12-25(30-23)24-6-3-18(15-32)13-28-24/h3-8,11-13,19,30,32H,9-10,14-16H2,1-2H3. The number of H-pyrrole nitrogens is 1. The summed E-state index contributed by atoms with van der Waals surface area (Å²) >= 11 is 0. The quantitative estimate of drug-likeness (QED) is 0.414. The molecule has 0 bridgehead atoms. The van der Waals surface area contributed by atoms with Crippen molar-refractivity contribution in [3.05, 3.63) is 71.7 Å². The lowest BCUT2D eigenvalue weighted by Crippen LogP contribution is -2.25. The highest BCUT2D eigenvalue weighted by molar-refractivity contribution is 5.86. The minimum absolute atomic E-state index is 0.0301. The molecule has 8 heteroatoms. The highest BCUT2D eigenvalue weighted by atomic mass is 16.5. The zero-order valence-corrected chi connectivity index (χ0v) is 19.8. The molecule has 4 heterocycles. The normalized spacial score (nSPS) is 15.6. The van der Waals surface area contributed by atoms with Crippen LogP contribution in [0.3, 0.4) is 0 Å². The van der Waals surface area contributed by atoms with Gasteiger partial charge in [-0.15, -0.1) is 0 Å². The number of ether oxygens (including phenoxy) is 2. The first-order valence-electron chi connectivity index (χ1n) is 11.6. The van der Waals surface area contributed by atoms with Crippen molar-refractivity contribution in [2.75, 3.05) is 20.2 Å². The van der Waals surface area contributed by atoms with Gasteiger partial charge in [0.1, 0.15) is 11.5 Å². The summed E-state index contributed by atoms with van der Waals surface area (Å²) < 4.78 is 11.6. The average Bonchev–Trinajstić information content (AvgIpc) is 3.53.